The molecule has 6 heteroatoms. The second-order valence-electron chi connectivity index (χ2n) is 5.93. The van der Waals surface area contributed by atoms with E-state index >= 15 is 0 Å². The molecule has 2 rings (SSSR count). The summed E-state index contributed by atoms with van der Waals surface area (Å²) in [4.78, 5) is 24.6. The minimum atomic E-state index is -1.02. The van der Waals surface area contributed by atoms with Gasteiger partial charge in [0.1, 0.15) is 0 Å². The van der Waals surface area contributed by atoms with Gasteiger partial charge < -0.3 is 19.5 Å². The quantitative estimate of drug-likeness (QED) is 0.809. The van der Waals surface area contributed by atoms with Crippen LogP contribution in [0.3, 0.4) is 0 Å². The summed E-state index contributed by atoms with van der Waals surface area (Å²) >= 11 is 0. The fourth-order valence-corrected chi connectivity index (χ4v) is 2.56. The molecule has 0 aromatic heterocycles. The molecule has 0 spiro atoms. The number of hydrogen-bond acceptors (Lipinski definition) is 4. The Balaban J connectivity index is 1.96. The lowest BCUT2D eigenvalue weighted by atomic mass is 9.99. The fourth-order valence-electron chi connectivity index (χ4n) is 2.56. The summed E-state index contributed by atoms with van der Waals surface area (Å²) in [5, 5.41) is 8.66. The average Bonchev–Trinajstić information content (AvgIpc) is 2.58. The largest absolute Gasteiger partial charge is 0.493 e. The molecule has 1 amide bonds. The van der Waals surface area contributed by atoms with E-state index in [2.05, 4.69) is 6.92 Å². The third-order valence-electron chi connectivity index (χ3n) is 4.09. The molecule has 1 aliphatic rings. The van der Waals surface area contributed by atoms with Crippen molar-refractivity contribution < 1.29 is 24.2 Å². The molecule has 24 heavy (non-hydrogen) atoms. The van der Waals surface area contributed by atoms with Crippen LogP contribution in [0.25, 0.3) is 6.08 Å². The van der Waals surface area contributed by atoms with Crippen molar-refractivity contribution in [2.45, 2.75) is 19.8 Å². The maximum Gasteiger partial charge on any atom is 0.328 e. The molecule has 1 heterocycles. The Morgan fingerprint density at radius 1 is 1.29 bits per heavy atom. The second-order valence-corrected chi connectivity index (χ2v) is 5.93. The first-order chi connectivity index (χ1) is 11.5. The lowest BCUT2D eigenvalue weighted by Crippen LogP contribution is -2.40. The summed E-state index contributed by atoms with van der Waals surface area (Å²) in [6, 6.07) is 5.05. The van der Waals surface area contributed by atoms with Crippen LogP contribution >= 0.6 is 0 Å². The highest BCUT2D eigenvalue weighted by atomic mass is 16.5. The van der Waals surface area contributed by atoms with Crippen LogP contribution in [0.4, 0.5) is 0 Å². The monoisotopic (exact) mass is 333 g/mol. The van der Waals surface area contributed by atoms with Crippen LogP contribution in [0.1, 0.15) is 25.3 Å². The number of hydrogen-bond donors (Lipinski definition) is 1. The van der Waals surface area contributed by atoms with Crippen molar-refractivity contribution >= 4 is 18.0 Å². The molecular formula is C18H23NO5. The Morgan fingerprint density at radius 3 is 2.62 bits per heavy atom. The van der Waals surface area contributed by atoms with Crippen LogP contribution in [0, 0.1) is 5.92 Å². The van der Waals surface area contributed by atoms with Gasteiger partial charge in [-0.2, -0.15) is 0 Å². The van der Waals surface area contributed by atoms with Crippen LogP contribution in [-0.4, -0.2) is 48.7 Å². The van der Waals surface area contributed by atoms with E-state index in [0.29, 0.717) is 23.0 Å². The van der Waals surface area contributed by atoms with Gasteiger partial charge in [-0.15, -0.1) is 0 Å². The predicted molar refractivity (Wildman–Crippen MR) is 90.1 cm³/mol. The number of carboxylic acids is 1. The highest BCUT2D eigenvalue weighted by Crippen LogP contribution is 2.28. The zero-order valence-corrected chi connectivity index (χ0v) is 14.0. The molecule has 1 N–H and O–H groups in total. The zero-order valence-electron chi connectivity index (χ0n) is 14.0. The van der Waals surface area contributed by atoms with Gasteiger partial charge in [-0.1, -0.05) is 13.0 Å². The highest BCUT2D eigenvalue weighted by molar-refractivity contribution is 5.85. The van der Waals surface area contributed by atoms with Crippen LogP contribution < -0.4 is 9.47 Å². The summed E-state index contributed by atoms with van der Waals surface area (Å²) in [6.07, 6.45) is 4.57. The normalized spacial score (nSPS) is 15.5. The lowest BCUT2D eigenvalue weighted by Gasteiger charge is -2.30. The number of methoxy groups -OCH3 is 1. The summed E-state index contributed by atoms with van der Waals surface area (Å²) in [5.74, 6) is 0.544. The molecule has 0 aliphatic carbocycles. The van der Waals surface area contributed by atoms with Gasteiger partial charge in [-0.25, -0.2) is 4.79 Å². The van der Waals surface area contributed by atoms with E-state index in [9.17, 15) is 9.59 Å². The summed E-state index contributed by atoms with van der Waals surface area (Å²) in [6.45, 7) is 3.72. The predicted octanol–water partition coefficient (Wildman–Crippen LogP) is 2.43. The van der Waals surface area contributed by atoms with Crippen molar-refractivity contribution in [1.29, 1.82) is 0 Å². The topological polar surface area (TPSA) is 76.1 Å². The van der Waals surface area contributed by atoms with Crippen LogP contribution in [0.15, 0.2) is 24.3 Å². The molecule has 0 unspecified atom stereocenters. The SMILES string of the molecule is COc1cc(/C=C/C(=O)O)ccc1OCC(=O)N1CCC(C)CC1. The van der Waals surface area contributed by atoms with Crippen molar-refractivity contribution in [1.82, 2.24) is 4.90 Å². The Hall–Kier alpha value is -2.50. The maximum absolute atomic E-state index is 12.2. The van der Waals surface area contributed by atoms with Gasteiger partial charge in [-0.05, 0) is 42.5 Å². The number of piperidine rings is 1. The first kappa shape index (κ1) is 17.8. The number of carbonyl (C=O) groups excluding carboxylic acids is 1. The van der Waals surface area contributed by atoms with Gasteiger partial charge in [0.05, 0.1) is 7.11 Å². The van der Waals surface area contributed by atoms with Gasteiger partial charge >= 0.3 is 5.97 Å². The standard InChI is InChI=1S/C18H23NO5/c1-13-7-9-19(10-8-13)17(20)12-24-15-5-3-14(4-6-18(21)22)11-16(15)23-2/h3-6,11,13H,7-10,12H2,1-2H3,(H,21,22)/b6-4+. The number of likely N-dealkylation sites (tertiary alicyclic amines) is 1. The van der Waals surface area contributed by atoms with Gasteiger partial charge in [-0.3, -0.25) is 4.79 Å². The Morgan fingerprint density at radius 2 is 2.00 bits per heavy atom. The van der Waals surface area contributed by atoms with E-state index in [1.54, 1.807) is 18.2 Å². The Kier molecular flexibility index (Phi) is 6.23. The lowest BCUT2D eigenvalue weighted by molar-refractivity contribution is -0.134. The molecule has 1 aromatic carbocycles. The van der Waals surface area contributed by atoms with Crippen LogP contribution in [0.5, 0.6) is 11.5 Å². The zero-order chi connectivity index (χ0) is 17.5. The highest BCUT2D eigenvalue weighted by Gasteiger charge is 2.20. The molecule has 1 saturated heterocycles. The molecule has 0 radical (unpaired) electrons. The molecule has 1 aliphatic heterocycles. The van der Waals surface area contributed by atoms with Crippen molar-refractivity contribution in [3.05, 3.63) is 29.8 Å². The van der Waals surface area contributed by atoms with Crippen LogP contribution in [0.2, 0.25) is 0 Å². The molecule has 6 nitrogen and oxygen atoms in total. The van der Waals surface area contributed by atoms with Crippen molar-refractivity contribution in [2.75, 3.05) is 26.8 Å². The number of amides is 1. The molecule has 1 aromatic rings. The third kappa shape index (κ3) is 5.01. The Labute approximate surface area is 141 Å². The third-order valence-corrected chi connectivity index (χ3v) is 4.09. The van der Waals surface area contributed by atoms with Gasteiger partial charge in [0.25, 0.3) is 5.91 Å². The van der Waals surface area contributed by atoms with Gasteiger partial charge in [0.15, 0.2) is 18.1 Å². The number of benzene rings is 1. The molecule has 0 saturated carbocycles. The first-order valence-corrected chi connectivity index (χ1v) is 7.99. The van der Waals surface area contributed by atoms with E-state index in [0.717, 1.165) is 32.0 Å². The van der Waals surface area contributed by atoms with Crippen LogP contribution in [-0.2, 0) is 9.59 Å². The fraction of sp³-hybridized carbons (Fsp3) is 0.444. The van der Waals surface area contributed by atoms with E-state index in [1.165, 1.54) is 13.2 Å². The van der Waals surface area contributed by atoms with E-state index in [-0.39, 0.29) is 12.5 Å². The first-order valence-electron chi connectivity index (χ1n) is 7.99. The summed E-state index contributed by atoms with van der Waals surface area (Å²) in [5.41, 5.74) is 0.679. The molecule has 1 fully saturated rings. The average molecular weight is 333 g/mol. The minimum absolute atomic E-state index is 0.0289. The number of carbonyl (C=O) groups is 2. The number of nitrogens with zero attached hydrogens (tertiary/aromatic N) is 1. The van der Waals surface area contributed by atoms with Crippen molar-refractivity contribution in [3.63, 3.8) is 0 Å². The summed E-state index contributed by atoms with van der Waals surface area (Å²) < 4.78 is 10.8. The number of carboxylic acid groups (broad SMARTS) is 1. The second kappa shape index (κ2) is 8.38. The van der Waals surface area contributed by atoms with E-state index in [4.69, 9.17) is 14.6 Å². The smallest absolute Gasteiger partial charge is 0.328 e. The maximum atomic E-state index is 12.2. The molecular weight excluding hydrogens is 310 g/mol. The number of ether oxygens (including phenoxy) is 2. The molecule has 0 atom stereocenters. The van der Waals surface area contributed by atoms with E-state index < -0.39 is 5.97 Å². The summed E-state index contributed by atoms with van der Waals surface area (Å²) in [7, 11) is 1.50. The molecule has 130 valence electrons. The van der Waals surface area contributed by atoms with E-state index in [1.807, 2.05) is 4.90 Å². The Bertz CT molecular complexity index is 618. The number of rotatable bonds is 6. The van der Waals surface area contributed by atoms with Gasteiger partial charge in [0.2, 0.25) is 0 Å². The van der Waals surface area contributed by atoms with Crippen molar-refractivity contribution in [3.8, 4) is 11.5 Å². The van der Waals surface area contributed by atoms with Gasteiger partial charge in [0, 0.05) is 19.2 Å². The number of aliphatic carboxylic acids is 1. The minimum Gasteiger partial charge on any atom is -0.493 e. The van der Waals surface area contributed by atoms with Crippen molar-refractivity contribution in [2.24, 2.45) is 5.92 Å². The molecule has 0 bridgehead atoms.